The predicted octanol–water partition coefficient (Wildman–Crippen LogP) is 1.73. The van der Waals surface area contributed by atoms with Gasteiger partial charge in [-0.3, -0.25) is 0 Å². The maximum Gasteiger partial charge on any atom is 0.326 e. The van der Waals surface area contributed by atoms with Crippen LogP contribution in [0.15, 0.2) is 12.3 Å². The van der Waals surface area contributed by atoms with Gasteiger partial charge in [-0.15, -0.1) is 0 Å². The Balaban J connectivity index is 1.97. The zero-order valence-electron chi connectivity index (χ0n) is 12.2. The fourth-order valence-corrected chi connectivity index (χ4v) is 2.27. The van der Waals surface area contributed by atoms with Crippen LogP contribution in [0.2, 0.25) is 0 Å². The quantitative estimate of drug-likeness (QED) is 0.704. The van der Waals surface area contributed by atoms with Gasteiger partial charge in [0.15, 0.2) is 0 Å². The molecule has 0 radical (unpaired) electrons. The summed E-state index contributed by atoms with van der Waals surface area (Å²) in [5.74, 6) is 0.126. The van der Waals surface area contributed by atoms with E-state index in [1.807, 2.05) is 6.92 Å². The van der Waals surface area contributed by atoms with E-state index in [2.05, 4.69) is 20.6 Å². The highest BCUT2D eigenvalue weighted by molar-refractivity contribution is 5.76. The summed E-state index contributed by atoms with van der Waals surface area (Å²) in [7, 11) is 0. The second-order valence-electron chi connectivity index (χ2n) is 5.15. The Kier molecular flexibility index (Phi) is 5.74. The molecule has 0 spiro atoms. The molecule has 0 bridgehead atoms. The van der Waals surface area contributed by atoms with E-state index >= 15 is 0 Å². The Morgan fingerprint density at radius 2 is 2.48 bits per heavy atom. The molecule has 1 aromatic rings. The maximum atomic E-state index is 11.1. The van der Waals surface area contributed by atoms with Gasteiger partial charge in [0.25, 0.3) is 0 Å². The Hall–Kier alpha value is -1.89. The van der Waals surface area contributed by atoms with Crippen LogP contribution in [0.25, 0.3) is 0 Å². The van der Waals surface area contributed by atoms with Gasteiger partial charge in [-0.1, -0.05) is 13.3 Å². The van der Waals surface area contributed by atoms with E-state index in [4.69, 9.17) is 9.84 Å². The maximum absolute atomic E-state index is 11.1. The monoisotopic (exact) mass is 294 g/mol. The second kappa shape index (κ2) is 7.78. The Morgan fingerprint density at radius 3 is 3.14 bits per heavy atom. The summed E-state index contributed by atoms with van der Waals surface area (Å²) in [4.78, 5) is 19.5. The first-order valence-electron chi connectivity index (χ1n) is 7.35. The van der Waals surface area contributed by atoms with E-state index in [1.54, 1.807) is 12.3 Å². The highest BCUT2D eigenvalue weighted by Crippen LogP contribution is 2.14. The van der Waals surface area contributed by atoms with Crippen LogP contribution in [-0.2, 0) is 9.53 Å². The molecule has 1 aliphatic rings. The molecule has 3 N–H and O–H groups in total. The molecule has 0 aromatic carbocycles. The van der Waals surface area contributed by atoms with E-state index in [1.165, 1.54) is 0 Å². The molecule has 7 heteroatoms. The lowest BCUT2D eigenvalue weighted by Gasteiger charge is -2.23. The summed E-state index contributed by atoms with van der Waals surface area (Å²) in [6.45, 7) is 3.42. The normalized spacial score (nSPS) is 19.8. The molecule has 2 unspecified atom stereocenters. The Bertz CT molecular complexity index is 463. The van der Waals surface area contributed by atoms with Gasteiger partial charge in [-0.05, 0) is 25.3 Å². The SMILES string of the molecule is CCCC(Nc1nccc(NC2CCCOC2)n1)C(=O)O. The van der Waals surface area contributed by atoms with Gasteiger partial charge in [-0.2, -0.15) is 4.98 Å². The number of hydrogen-bond acceptors (Lipinski definition) is 6. The number of rotatable bonds is 7. The van der Waals surface area contributed by atoms with Crippen LogP contribution in [0.5, 0.6) is 0 Å². The fourth-order valence-electron chi connectivity index (χ4n) is 2.27. The summed E-state index contributed by atoms with van der Waals surface area (Å²) >= 11 is 0. The molecule has 116 valence electrons. The summed E-state index contributed by atoms with van der Waals surface area (Å²) in [6.07, 6.45) is 5.01. The number of carboxylic acid groups (broad SMARTS) is 1. The van der Waals surface area contributed by atoms with Gasteiger partial charge in [0.2, 0.25) is 5.95 Å². The lowest BCUT2D eigenvalue weighted by molar-refractivity contribution is -0.138. The van der Waals surface area contributed by atoms with E-state index in [0.717, 1.165) is 25.9 Å². The summed E-state index contributed by atoms with van der Waals surface area (Å²) in [5.41, 5.74) is 0. The van der Waals surface area contributed by atoms with Gasteiger partial charge >= 0.3 is 5.97 Å². The lowest BCUT2D eigenvalue weighted by Crippen LogP contribution is -2.31. The molecule has 7 nitrogen and oxygen atoms in total. The zero-order chi connectivity index (χ0) is 15.1. The van der Waals surface area contributed by atoms with Crippen LogP contribution >= 0.6 is 0 Å². The molecule has 0 saturated carbocycles. The van der Waals surface area contributed by atoms with Gasteiger partial charge in [0.1, 0.15) is 11.9 Å². The first-order chi connectivity index (χ1) is 10.2. The third-order valence-electron chi connectivity index (χ3n) is 3.35. The standard InChI is InChI=1S/C14H22N4O3/c1-2-4-11(13(19)20)17-14-15-7-6-12(18-14)16-10-5-3-8-21-9-10/h6-7,10-11H,2-5,8-9H2,1H3,(H,19,20)(H2,15,16,17,18). The molecule has 1 aromatic heterocycles. The topological polar surface area (TPSA) is 96.4 Å². The summed E-state index contributed by atoms with van der Waals surface area (Å²) in [5, 5.41) is 15.3. The van der Waals surface area contributed by atoms with Crippen molar-refractivity contribution in [2.45, 2.75) is 44.7 Å². The fraction of sp³-hybridized carbons (Fsp3) is 0.643. The highest BCUT2D eigenvalue weighted by Gasteiger charge is 2.18. The predicted molar refractivity (Wildman–Crippen MR) is 79.5 cm³/mol. The molecule has 1 aliphatic heterocycles. The van der Waals surface area contributed by atoms with Crippen LogP contribution < -0.4 is 10.6 Å². The van der Waals surface area contributed by atoms with Crippen LogP contribution in [0.4, 0.5) is 11.8 Å². The van der Waals surface area contributed by atoms with Gasteiger partial charge < -0.3 is 20.5 Å². The molecular weight excluding hydrogens is 272 g/mol. The lowest BCUT2D eigenvalue weighted by atomic mass is 10.1. The minimum atomic E-state index is -0.889. The van der Waals surface area contributed by atoms with Gasteiger partial charge in [0.05, 0.1) is 12.6 Å². The van der Waals surface area contributed by atoms with Crippen molar-refractivity contribution < 1.29 is 14.6 Å². The molecule has 2 atom stereocenters. The number of carboxylic acids is 1. The average Bonchev–Trinajstić information content (AvgIpc) is 2.48. The Morgan fingerprint density at radius 1 is 1.62 bits per heavy atom. The van der Waals surface area contributed by atoms with Crippen molar-refractivity contribution in [1.82, 2.24) is 9.97 Å². The summed E-state index contributed by atoms with van der Waals surface area (Å²) in [6, 6.07) is 1.35. The first kappa shape index (κ1) is 15.5. The number of nitrogens with one attached hydrogen (secondary N) is 2. The van der Waals surface area contributed by atoms with Crippen molar-refractivity contribution in [2.24, 2.45) is 0 Å². The largest absolute Gasteiger partial charge is 0.480 e. The molecule has 2 rings (SSSR count). The van der Waals surface area contributed by atoms with Crippen molar-refractivity contribution in [3.8, 4) is 0 Å². The number of ether oxygens (including phenoxy) is 1. The van der Waals surface area contributed by atoms with Gasteiger partial charge in [-0.25, -0.2) is 9.78 Å². The van der Waals surface area contributed by atoms with Crippen LogP contribution in [0.1, 0.15) is 32.6 Å². The van der Waals surface area contributed by atoms with Crippen molar-refractivity contribution in [3.63, 3.8) is 0 Å². The van der Waals surface area contributed by atoms with Crippen LogP contribution in [0, 0.1) is 0 Å². The third-order valence-corrected chi connectivity index (χ3v) is 3.35. The van der Waals surface area contributed by atoms with Crippen molar-refractivity contribution in [2.75, 3.05) is 23.8 Å². The molecule has 0 amide bonds. The van der Waals surface area contributed by atoms with Gasteiger partial charge in [0, 0.05) is 12.8 Å². The first-order valence-corrected chi connectivity index (χ1v) is 7.35. The zero-order valence-corrected chi connectivity index (χ0v) is 12.2. The van der Waals surface area contributed by atoms with E-state index in [0.29, 0.717) is 24.8 Å². The molecule has 2 heterocycles. The molecule has 0 aliphatic carbocycles. The molecule has 1 saturated heterocycles. The molecular formula is C14H22N4O3. The number of aliphatic carboxylic acids is 1. The van der Waals surface area contributed by atoms with E-state index < -0.39 is 12.0 Å². The van der Waals surface area contributed by atoms with Crippen molar-refractivity contribution in [1.29, 1.82) is 0 Å². The smallest absolute Gasteiger partial charge is 0.326 e. The number of hydrogen-bond donors (Lipinski definition) is 3. The minimum absolute atomic E-state index is 0.243. The molecule has 21 heavy (non-hydrogen) atoms. The average molecular weight is 294 g/mol. The number of anilines is 2. The van der Waals surface area contributed by atoms with E-state index in [-0.39, 0.29) is 6.04 Å². The molecule has 1 fully saturated rings. The number of carbonyl (C=O) groups is 1. The highest BCUT2D eigenvalue weighted by atomic mass is 16.5. The minimum Gasteiger partial charge on any atom is -0.480 e. The Labute approximate surface area is 124 Å². The van der Waals surface area contributed by atoms with Crippen LogP contribution in [0.3, 0.4) is 0 Å². The number of aromatic nitrogens is 2. The summed E-state index contributed by atoms with van der Waals surface area (Å²) < 4.78 is 5.41. The van der Waals surface area contributed by atoms with Crippen LogP contribution in [-0.4, -0.2) is 46.3 Å². The van der Waals surface area contributed by atoms with Crippen molar-refractivity contribution >= 4 is 17.7 Å². The second-order valence-corrected chi connectivity index (χ2v) is 5.15. The van der Waals surface area contributed by atoms with E-state index in [9.17, 15) is 4.79 Å². The third kappa shape index (κ3) is 4.86. The number of nitrogens with zero attached hydrogens (tertiary/aromatic N) is 2. The van der Waals surface area contributed by atoms with Crippen molar-refractivity contribution in [3.05, 3.63) is 12.3 Å².